The van der Waals surface area contributed by atoms with Crippen molar-refractivity contribution in [2.45, 2.75) is 18.4 Å². The maximum absolute atomic E-state index is 14.6. The number of nitrogens with zero attached hydrogens (tertiary/aromatic N) is 3. The Morgan fingerprint density at radius 1 is 1.09 bits per heavy atom. The molecule has 0 aliphatic heterocycles. The molecule has 3 heterocycles. The third-order valence-electron chi connectivity index (χ3n) is 4.89. The number of nitrogens with one attached hydrogen (secondary N) is 2. The van der Waals surface area contributed by atoms with Crippen molar-refractivity contribution in [3.8, 4) is 23.2 Å². The van der Waals surface area contributed by atoms with Gasteiger partial charge in [-0.15, -0.1) is 0 Å². The van der Waals surface area contributed by atoms with Crippen LogP contribution >= 0.6 is 0 Å². The minimum absolute atomic E-state index is 0.0102. The molecule has 0 fully saturated rings. The SMILES string of the molecule is CCNc1ccc(C#CNCc2cc(-c3ccccc3F)n(S(=O)(=O)c3cccnc3)c2)cn1. The Morgan fingerprint density at radius 3 is 2.65 bits per heavy atom. The van der Waals surface area contributed by atoms with Crippen molar-refractivity contribution < 1.29 is 12.8 Å². The Bertz CT molecular complexity index is 1440. The molecule has 0 atom stereocenters. The van der Waals surface area contributed by atoms with Crippen molar-refractivity contribution >= 4 is 15.8 Å². The second-order valence-electron chi connectivity index (χ2n) is 7.27. The Labute approximate surface area is 197 Å². The molecular weight excluding hydrogens is 453 g/mol. The Kier molecular flexibility index (Phi) is 6.90. The van der Waals surface area contributed by atoms with Crippen LogP contribution in [-0.2, 0) is 16.6 Å². The van der Waals surface area contributed by atoms with Gasteiger partial charge in [0.2, 0.25) is 0 Å². The average Bonchev–Trinajstić information content (AvgIpc) is 3.29. The monoisotopic (exact) mass is 475 g/mol. The highest BCUT2D eigenvalue weighted by Crippen LogP contribution is 2.28. The molecule has 0 aliphatic rings. The van der Waals surface area contributed by atoms with E-state index >= 15 is 0 Å². The van der Waals surface area contributed by atoms with E-state index in [2.05, 4.69) is 32.6 Å². The molecule has 34 heavy (non-hydrogen) atoms. The lowest BCUT2D eigenvalue weighted by atomic mass is 10.1. The number of hydrogen-bond donors (Lipinski definition) is 2. The van der Waals surface area contributed by atoms with E-state index in [1.807, 2.05) is 19.1 Å². The molecule has 9 heteroatoms. The van der Waals surface area contributed by atoms with Crippen LogP contribution in [0.3, 0.4) is 0 Å². The third kappa shape index (κ3) is 5.08. The molecule has 0 amide bonds. The first-order chi connectivity index (χ1) is 16.5. The van der Waals surface area contributed by atoms with Gasteiger partial charge in [0.1, 0.15) is 16.5 Å². The van der Waals surface area contributed by atoms with Gasteiger partial charge in [0.25, 0.3) is 10.0 Å². The third-order valence-corrected chi connectivity index (χ3v) is 6.55. The number of pyridine rings is 2. The molecule has 0 saturated heterocycles. The van der Waals surface area contributed by atoms with Crippen molar-refractivity contribution in [1.82, 2.24) is 19.3 Å². The van der Waals surface area contributed by atoms with Gasteiger partial charge in [-0.25, -0.2) is 21.8 Å². The molecule has 0 radical (unpaired) electrons. The van der Waals surface area contributed by atoms with E-state index in [4.69, 9.17) is 0 Å². The van der Waals surface area contributed by atoms with Crippen molar-refractivity contribution in [2.75, 3.05) is 11.9 Å². The van der Waals surface area contributed by atoms with Crippen molar-refractivity contribution in [3.63, 3.8) is 0 Å². The molecule has 0 aliphatic carbocycles. The zero-order valence-corrected chi connectivity index (χ0v) is 19.2. The van der Waals surface area contributed by atoms with Crippen LogP contribution in [0.25, 0.3) is 11.3 Å². The lowest BCUT2D eigenvalue weighted by molar-refractivity contribution is 0.587. The highest BCUT2D eigenvalue weighted by atomic mass is 32.2. The number of benzene rings is 1. The predicted molar refractivity (Wildman–Crippen MR) is 129 cm³/mol. The zero-order chi connectivity index (χ0) is 24.0. The van der Waals surface area contributed by atoms with Gasteiger partial charge in [0.05, 0.1) is 5.69 Å². The first-order valence-electron chi connectivity index (χ1n) is 10.5. The van der Waals surface area contributed by atoms with Crippen LogP contribution in [0.4, 0.5) is 10.2 Å². The van der Waals surface area contributed by atoms with Gasteiger partial charge in [0, 0.05) is 55.0 Å². The Morgan fingerprint density at radius 2 is 1.94 bits per heavy atom. The predicted octanol–water partition coefficient (Wildman–Crippen LogP) is 3.85. The zero-order valence-electron chi connectivity index (χ0n) is 18.4. The molecule has 0 unspecified atom stereocenters. The minimum atomic E-state index is -3.99. The van der Waals surface area contributed by atoms with Gasteiger partial charge in [0.15, 0.2) is 0 Å². The van der Waals surface area contributed by atoms with Crippen LogP contribution in [0.5, 0.6) is 0 Å². The molecule has 3 aromatic heterocycles. The molecule has 0 bridgehead atoms. The van der Waals surface area contributed by atoms with Crippen LogP contribution in [0.1, 0.15) is 18.1 Å². The molecule has 0 spiro atoms. The summed E-state index contributed by atoms with van der Waals surface area (Å²) in [7, 11) is -3.99. The molecular formula is C25H22FN5O2S. The van der Waals surface area contributed by atoms with E-state index in [0.717, 1.165) is 21.9 Å². The molecule has 172 valence electrons. The van der Waals surface area contributed by atoms with Crippen LogP contribution in [0.2, 0.25) is 0 Å². The van der Waals surface area contributed by atoms with Crippen molar-refractivity contribution in [1.29, 1.82) is 0 Å². The summed E-state index contributed by atoms with van der Waals surface area (Å²) in [6.07, 6.45) is 5.88. The summed E-state index contributed by atoms with van der Waals surface area (Å²) in [6, 6.07) is 17.2. The summed E-state index contributed by atoms with van der Waals surface area (Å²) < 4.78 is 42.2. The Balaban J connectivity index is 1.61. The fourth-order valence-electron chi connectivity index (χ4n) is 3.29. The molecule has 4 aromatic rings. The van der Waals surface area contributed by atoms with E-state index in [0.29, 0.717) is 5.56 Å². The van der Waals surface area contributed by atoms with E-state index in [9.17, 15) is 12.8 Å². The first-order valence-corrected chi connectivity index (χ1v) is 12.0. The van der Waals surface area contributed by atoms with Gasteiger partial charge in [-0.3, -0.25) is 4.98 Å². The summed E-state index contributed by atoms with van der Waals surface area (Å²) in [5, 5.41) is 6.08. The smallest absolute Gasteiger partial charge is 0.269 e. The van der Waals surface area contributed by atoms with Crippen molar-refractivity contribution in [2.24, 2.45) is 0 Å². The number of anilines is 1. The van der Waals surface area contributed by atoms with E-state index in [1.54, 1.807) is 30.5 Å². The summed E-state index contributed by atoms with van der Waals surface area (Å²) in [5.74, 6) is 3.22. The van der Waals surface area contributed by atoms with Crippen molar-refractivity contribution in [3.05, 3.63) is 96.3 Å². The summed E-state index contributed by atoms with van der Waals surface area (Å²) in [5.41, 5.74) is 1.76. The fourth-order valence-corrected chi connectivity index (χ4v) is 4.64. The van der Waals surface area contributed by atoms with Gasteiger partial charge in [-0.2, -0.15) is 0 Å². The van der Waals surface area contributed by atoms with E-state index in [-0.39, 0.29) is 22.7 Å². The second-order valence-corrected chi connectivity index (χ2v) is 9.08. The van der Waals surface area contributed by atoms with Gasteiger partial charge >= 0.3 is 0 Å². The second kappa shape index (κ2) is 10.2. The normalized spacial score (nSPS) is 10.9. The number of rotatable bonds is 7. The maximum Gasteiger partial charge on any atom is 0.269 e. The summed E-state index contributed by atoms with van der Waals surface area (Å²) in [4.78, 5) is 8.18. The van der Waals surface area contributed by atoms with Crippen LogP contribution < -0.4 is 10.6 Å². The van der Waals surface area contributed by atoms with Gasteiger partial charge in [-0.05, 0) is 60.9 Å². The van der Waals surface area contributed by atoms with Crippen LogP contribution in [0, 0.1) is 17.8 Å². The highest BCUT2D eigenvalue weighted by molar-refractivity contribution is 7.90. The summed E-state index contributed by atoms with van der Waals surface area (Å²) >= 11 is 0. The standard InChI is InChI=1S/C25H22FN5O2S/c1-2-29-25-10-9-19(16-30-25)11-13-28-15-20-14-24(22-7-3-4-8-23(22)26)31(18-20)34(32,33)21-6-5-12-27-17-21/h3-10,12,14,16-18,28H,2,15H2,1H3,(H,29,30). The fraction of sp³-hybridized carbons (Fsp3) is 0.120. The number of halogens is 1. The average molecular weight is 476 g/mol. The first kappa shape index (κ1) is 23.0. The molecule has 1 aromatic carbocycles. The molecule has 4 rings (SSSR count). The molecule has 0 saturated carbocycles. The summed E-state index contributed by atoms with van der Waals surface area (Å²) in [6.45, 7) is 3.03. The lowest BCUT2D eigenvalue weighted by Gasteiger charge is -2.10. The van der Waals surface area contributed by atoms with Crippen LogP contribution in [0.15, 0.2) is 84.3 Å². The number of hydrogen-bond acceptors (Lipinski definition) is 6. The van der Waals surface area contributed by atoms with E-state index in [1.165, 1.54) is 36.8 Å². The topological polar surface area (TPSA) is 88.9 Å². The minimum Gasteiger partial charge on any atom is -0.370 e. The maximum atomic E-state index is 14.6. The Hall–Kier alpha value is -4.16. The largest absolute Gasteiger partial charge is 0.370 e. The highest BCUT2D eigenvalue weighted by Gasteiger charge is 2.23. The lowest BCUT2D eigenvalue weighted by Crippen LogP contribution is -2.14. The van der Waals surface area contributed by atoms with E-state index < -0.39 is 15.8 Å². The quantitative estimate of drug-likeness (QED) is 0.312. The molecule has 7 nitrogen and oxygen atoms in total. The number of aromatic nitrogens is 3. The van der Waals surface area contributed by atoms with Gasteiger partial charge < -0.3 is 10.6 Å². The molecule has 2 N–H and O–H groups in total. The van der Waals surface area contributed by atoms with Gasteiger partial charge in [-0.1, -0.05) is 12.1 Å². The van der Waals surface area contributed by atoms with Crippen LogP contribution in [-0.4, -0.2) is 28.9 Å².